The molecule has 8 heteroatoms. The molecule has 0 aromatic heterocycles. The minimum absolute atomic E-state index is 0.0244. The third kappa shape index (κ3) is 6.00. The molecular formula is C33H30BrClN2O4. The summed E-state index contributed by atoms with van der Waals surface area (Å²) in [4.78, 5) is 13.8. The number of nitrogens with one attached hydrogen (secondary N) is 1. The first kappa shape index (κ1) is 28.8. The van der Waals surface area contributed by atoms with Crippen LogP contribution in [-0.4, -0.2) is 19.5 Å². The Labute approximate surface area is 253 Å². The van der Waals surface area contributed by atoms with Gasteiger partial charge in [0.15, 0.2) is 17.3 Å². The van der Waals surface area contributed by atoms with Crippen LogP contribution in [-0.2, 0) is 11.4 Å². The molecule has 1 aliphatic carbocycles. The van der Waals surface area contributed by atoms with Gasteiger partial charge in [0.25, 0.3) is 0 Å². The van der Waals surface area contributed by atoms with Gasteiger partial charge in [-0.2, -0.15) is 5.26 Å². The first-order chi connectivity index (χ1) is 19.8. The number of methoxy groups -OCH3 is 1. The standard InChI is InChI=1S/C33H30BrClN2O4/c1-4-40-30-16-23(13-27(34)33(30)41-18-20-6-5-7-25(12-20)39-3)31-26(17-36)19(2)37-28-14-22(15-29(38)32(28)31)21-8-10-24(35)11-9-21/h5-13,16,22,31,37H,4,14-15,18H2,1-3H3. The lowest BCUT2D eigenvalue weighted by atomic mass is 9.72. The van der Waals surface area contributed by atoms with E-state index < -0.39 is 5.92 Å². The minimum Gasteiger partial charge on any atom is -0.497 e. The number of carbonyl (C=O) groups excluding carboxylic acids is 1. The fourth-order valence-corrected chi connectivity index (χ4v) is 6.27. The largest absolute Gasteiger partial charge is 0.497 e. The molecule has 2 aliphatic rings. The molecule has 3 aromatic rings. The molecule has 6 nitrogen and oxygen atoms in total. The van der Waals surface area contributed by atoms with Crippen LogP contribution in [0.25, 0.3) is 0 Å². The van der Waals surface area contributed by atoms with Crippen molar-refractivity contribution in [1.29, 1.82) is 5.26 Å². The number of nitriles is 1. The maximum absolute atomic E-state index is 13.8. The molecule has 2 unspecified atom stereocenters. The van der Waals surface area contributed by atoms with Crippen molar-refractivity contribution in [1.82, 2.24) is 5.32 Å². The van der Waals surface area contributed by atoms with Gasteiger partial charge in [-0.15, -0.1) is 0 Å². The molecule has 1 heterocycles. The van der Waals surface area contributed by atoms with Crippen LogP contribution in [0.3, 0.4) is 0 Å². The summed E-state index contributed by atoms with van der Waals surface area (Å²) in [5.74, 6) is 1.38. The van der Waals surface area contributed by atoms with Crippen molar-refractivity contribution in [3.63, 3.8) is 0 Å². The number of ether oxygens (including phenoxy) is 3. The highest BCUT2D eigenvalue weighted by molar-refractivity contribution is 9.10. The third-order valence-corrected chi connectivity index (χ3v) is 8.31. The first-order valence-electron chi connectivity index (χ1n) is 13.4. The number of nitrogens with zero attached hydrogens (tertiary/aromatic N) is 1. The van der Waals surface area contributed by atoms with Gasteiger partial charge in [0, 0.05) is 28.4 Å². The summed E-state index contributed by atoms with van der Waals surface area (Å²) in [5.41, 5.74) is 5.56. The van der Waals surface area contributed by atoms with Crippen LogP contribution in [0.4, 0.5) is 0 Å². The molecule has 0 spiro atoms. The fraction of sp³-hybridized carbons (Fsp3) is 0.273. The highest BCUT2D eigenvalue weighted by Gasteiger charge is 2.39. The molecule has 0 bridgehead atoms. The zero-order valence-corrected chi connectivity index (χ0v) is 25.4. The number of rotatable bonds is 8. The molecule has 1 N–H and O–H groups in total. The summed E-state index contributed by atoms with van der Waals surface area (Å²) in [6.45, 7) is 4.53. The Balaban J connectivity index is 1.52. The molecule has 2 atom stereocenters. The van der Waals surface area contributed by atoms with E-state index in [0.717, 1.165) is 33.8 Å². The maximum Gasteiger partial charge on any atom is 0.175 e. The Morgan fingerprint density at radius 3 is 2.56 bits per heavy atom. The van der Waals surface area contributed by atoms with Gasteiger partial charge in [0.2, 0.25) is 0 Å². The summed E-state index contributed by atoms with van der Waals surface area (Å²) < 4.78 is 18.2. The predicted octanol–water partition coefficient (Wildman–Crippen LogP) is 7.97. The van der Waals surface area contributed by atoms with Crippen molar-refractivity contribution < 1.29 is 19.0 Å². The number of dihydropyridines is 1. The lowest BCUT2D eigenvalue weighted by Crippen LogP contribution is -2.33. The number of ketones is 1. The molecule has 1 aliphatic heterocycles. The van der Waals surface area contributed by atoms with Crippen LogP contribution in [0.2, 0.25) is 5.02 Å². The third-order valence-electron chi connectivity index (χ3n) is 7.47. The van der Waals surface area contributed by atoms with E-state index >= 15 is 0 Å². The maximum atomic E-state index is 13.8. The number of allylic oxidation sites excluding steroid dienone is 4. The Bertz CT molecular complexity index is 1590. The van der Waals surface area contributed by atoms with Gasteiger partial charge in [-0.3, -0.25) is 4.79 Å². The van der Waals surface area contributed by atoms with E-state index in [2.05, 4.69) is 27.3 Å². The molecule has 0 amide bonds. The van der Waals surface area contributed by atoms with Crippen molar-refractivity contribution >= 4 is 33.3 Å². The van der Waals surface area contributed by atoms with E-state index in [-0.39, 0.29) is 11.7 Å². The van der Waals surface area contributed by atoms with Crippen molar-refractivity contribution in [2.24, 2.45) is 0 Å². The fourth-order valence-electron chi connectivity index (χ4n) is 5.57. The molecule has 41 heavy (non-hydrogen) atoms. The van der Waals surface area contributed by atoms with Gasteiger partial charge >= 0.3 is 0 Å². The zero-order chi connectivity index (χ0) is 29.1. The summed E-state index contributed by atoms with van der Waals surface area (Å²) in [7, 11) is 1.63. The van der Waals surface area contributed by atoms with Crippen LogP contribution in [0.1, 0.15) is 55.2 Å². The van der Waals surface area contributed by atoms with E-state index in [1.165, 1.54) is 0 Å². The topological polar surface area (TPSA) is 80.6 Å². The number of hydrogen-bond acceptors (Lipinski definition) is 6. The minimum atomic E-state index is -0.516. The van der Waals surface area contributed by atoms with E-state index in [1.54, 1.807) is 7.11 Å². The van der Waals surface area contributed by atoms with Gasteiger partial charge in [-0.25, -0.2) is 0 Å². The van der Waals surface area contributed by atoms with Gasteiger partial charge in [-0.05, 0) is 95.2 Å². The monoisotopic (exact) mass is 632 g/mol. The lowest BCUT2D eigenvalue weighted by Gasteiger charge is -2.36. The molecule has 0 radical (unpaired) electrons. The summed E-state index contributed by atoms with van der Waals surface area (Å²) in [6.07, 6.45) is 1.02. The SMILES string of the molecule is CCOc1cc(C2C(C#N)=C(C)NC3=C2C(=O)CC(c2ccc(Cl)cc2)C3)cc(Br)c1OCc1cccc(OC)c1. The van der Waals surface area contributed by atoms with Crippen molar-refractivity contribution in [2.75, 3.05) is 13.7 Å². The Kier molecular flexibility index (Phi) is 8.72. The smallest absolute Gasteiger partial charge is 0.175 e. The van der Waals surface area contributed by atoms with Crippen molar-refractivity contribution in [3.05, 3.63) is 109 Å². The van der Waals surface area contributed by atoms with Gasteiger partial charge in [0.05, 0.1) is 35.7 Å². The average Bonchev–Trinajstić information content (AvgIpc) is 2.96. The number of hydrogen-bond donors (Lipinski definition) is 1. The normalized spacial score (nSPS) is 18.4. The van der Waals surface area contributed by atoms with E-state index in [4.69, 9.17) is 25.8 Å². The molecule has 0 saturated carbocycles. The average molecular weight is 634 g/mol. The number of benzene rings is 3. The lowest BCUT2D eigenvalue weighted by molar-refractivity contribution is -0.116. The van der Waals surface area contributed by atoms with Gasteiger partial charge in [0.1, 0.15) is 12.4 Å². The van der Waals surface area contributed by atoms with Crippen molar-refractivity contribution in [2.45, 2.75) is 45.1 Å². The highest BCUT2D eigenvalue weighted by atomic mass is 79.9. The molecule has 3 aromatic carbocycles. The number of Topliss-reactive ketones (excluding diaryl/α,β-unsaturated/α-hetero) is 1. The van der Waals surface area contributed by atoms with E-state index in [1.807, 2.05) is 74.5 Å². The second kappa shape index (κ2) is 12.4. The Hall–Kier alpha value is -3.73. The molecular weight excluding hydrogens is 604 g/mol. The van der Waals surface area contributed by atoms with Crippen LogP contribution in [0.15, 0.2) is 87.7 Å². The van der Waals surface area contributed by atoms with E-state index in [9.17, 15) is 10.1 Å². The van der Waals surface area contributed by atoms with E-state index in [0.29, 0.717) is 58.2 Å². The van der Waals surface area contributed by atoms with Gasteiger partial charge in [-0.1, -0.05) is 35.9 Å². The zero-order valence-electron chi connectivity index (χ0n) is 23.1. The second-order valence-corrected chi connectivity index (χ2v) is 11.4. The number of carbonyl (C=O) groups is 1. The molecule has 0 fully saturated rings. The molecule has 5 rings (SSSR count). The summed E-state index contributed by atoms with van der Waals surface area (Å²) >= 11 is 9.78. The van der Waals surface area contributed by atoms with Crippen molar-refractivity contribution in [3.8, 4) is 23.3 Å². The predicted molar refractivity (Wildman–Crippen MR) is 162 cm³/mol. The Morgan fingerprint density at radius 1 is 1.07 bits per heavy atom. The molecule has 0 saturated heterocycles. The first-order valence-corrected chi connectivity index (χ1v) is 14.6. The Morgan fingerprint density at radius 2 is 1.85 bits per heavy atom. The van der Waals surface area contributed by atoms with Crippen LogP contribution >= 0.6 is 27.5 Å². The molecule has 210 valence electrons. The second-order valence-electron chi connectivity index (χ2n) is 10.1. The van der Waals surface area contributed by atoms with Gasteiger partial charge < -0.3 is 19.5 Å². The highest BCUT2D eigenvalue weighted by Crippen LogP contribution is 2.48. The quantitative estimate of drug-likeness (QED) is 0.271. The van der Waals surface area contributed by atoms with Crippen LogP contribution in [0.5, 0.6) is 17.2 Å². The van der Waals surface area contributed by atoms with Crippen LogP contribution < -0.4 is 19.5 Å². The summed E-state index contributed by atoms with van der Waals surface area (Å²) in [6, 6.07) is 21.5. The number of halogens is 2. The van der Waals surface area contributed by atoms with Crippen LogP contribution in [0, 0.1) is 11.3 Å². The summed E-state index contributed by atoms with van der Waals surface area (Å²) in [5, 5.41) is 14.3.